The maximum atomic E-state index is 12.4. The van der Waals surface area contributed by atoms with Gasteiger partial charge in [-0.2, -0.15) is 0 Å². The van der Waals surface area contributed by atoms with Crippen LogP contribution in [0.4, 0.5) is 0 Å². The summed E-state index contributed by atoms with van der Waals surface area (Å²) in [5.74, 6) is -0.236. The van der Waals surface area contributed by atoms with E-state index in [1.807, 2.05) is 0 Å². The Labute approximate surface area is 113 Å². The van der Waals surface area contributed by atoms with Crippen molar-refractivity contribution in [2.45, 2.75) is 38.3 Å². The van der Waals surface area contributed by atoms with Crippen molar-refractivity contribution in [3.63, 3.8) is 0 Å². The molecule has 0 spiro atoms. The van der Waals surface area contributed by atoms with Crippen LogP contribution in [0, 0.1) is 5.92 Å². The lowest BCUT2D eigenvalue weighted by Crippen LogP contribution is -2.54. The Bertz CT molecular complexity index is 348. The highest BCUT2D eigenvalue weighted by molar-refractivity contribution is 5.82. The number of hydrogen-bond acceptors (Lipinski definition) is 4. The molecule has 2 aliphatic heterocycles. The van der Waals surface area contributed by atoms with Gasteiger partial charge in [-0.25, -0.2) is 0 Å². The van der Waals surface area contributed by atoms with Crippen LogP contribution >= 0.6 is 0 Å². The molecule has 6 heteroatoms. The average Bonchev–Trinajstić information content (AvgIpc) is 2.37. The van der Waals surface area contributed by atoms with Crippen molar-refractivity contribution in [3.05, 3.63) is 0 Å². The summed E-state index contributed by atoms with van der Waals surface area (Å²) in [7, 11) is 0. The molecule has 2 saturated heterocycles. The molecule has 3 unspecified atom stereocenters. The first kappa shape index (κ1) is 14.3. The van der Waals surface area contributed by atoms with E-state index in [0.29, 0.717) is 25.6 Å². The molecule has 3 atom stereocenters. The van der Waals surface area contributed by atoms with Crippen molar-refractivity contribution in [1.82, 2.24) is 10.2 Å². The molecule has 0 saturated carbocycles. The van der Waals surface area contributed by atoms with E-state index in [0.717, 1.165) is 19.4 Å². The third kappa shape index (κ3) is 3.91. The lowest BCUT2D eigenvalue weighted by Gasteiger charge is -2.36. The number of hydrogen-bond donors (Lipinski definition) is 2. The molecular weight excluding hydrogens is 248 g/mol. The van der Waals surface area contributed by atoms with Gasteiger partial charge in [0.1, 0.15) is 0 Å². The SMILES string of the molecule is CC1CCNC(C(=O)N2CCOC(CC(=O)O)C2)C1. The molecule has 2 heterocycles. The quantitative estimate of drug-likeness (QED) is 0.759. The molecule has 2 N–H and O–H groups in total. The highest BCUT2D eigenvalue weighted by Gasteiger charge is 2.32. The lowest BCUT2D eigenvalue weighted by molar-refractivity contribution is -0.149. The van der Waals surface area contributed by atoms with Gasteiger partial charge in [0.25, 0.3) is 0 Å². The predicted molar refractivity (Wildman–Crippen MR) is 68.8 cm³/mol. The molecule has 6 nitrogen and oxygen atoms in total. The molecule has 2 rings (SSSR count). The van der Waals surface area contributed by atoms with E-state index in [9.17, 15) is 9.59 Å². The minimum atomic E-state index is -0.885. The fourth-order valence-corrected chi connectivity index (χ4v) is 2.75. The Morgan fingerprint density at radius 2 is 2.26 bits per heavy atom. The highest BCUT2D eigenvalue weighted by Crippen LogP contribution is 2.18. The first-order valence-electron chi connectivity index (χ1n) is 6.92. The van der Waals surface area contributed by atoms with Crippen LogP contribution in [-0.2, 0) is 14.3 Å². The van der Waals surface area contributed by atoms with Gasteiger partial charge in [0, 0.05) is 13.1 Å². The molecule has 1 amide bonds. The van der Waals surface area contributed by atoms with Crippen LogP contribution in [0.5, 0.6) is 0 Å². The molecule has 2 aliphatic rings. The maximum Gasteiger partial charge on any atom is 0.306 e. The molecule has 0 radical (unpaired) electrons. The smallest absolute Gasteiger partial charge is 0.306 e. The zero-order valence-electron chi connectivity index (χ0n) is 11.3. The van der Waals surface area contributed by atoms with Gasteiger partial charge in [-0.05, 0) is 25.3 Å². The number of nitrogens with zero attached hydrogens (tertiary/aromatic N) is 1. The van der Waals surface area contributed by atoms with Gasteiger partial charge >= 0.3 is 5.97 Å². The van der Waals surface area contributed by atoms with Crippen molar-refractivity contribution in [3.8, 4) is 0 Å². The summed E-state index contributed by atoms with van der Waals surface area (Å²) >= 11 is 0. The number of nitrogens with one attached hydrogen (secondary N) is 1. The first-order chi connectivity index (χ1) is 9.06. The molecule has 0 aliphatic carbocycles. The van der Waals surface area contributed by atoms with Gasteiger partial charge in [-0.1, -0.05) is 6.92 Å². The predicted octanol–water partition coefficient (Wildman–Crippen LogP) is 0.0766. The second-order valence-electron chi connectivity index (χ2n) is 5.51. The minimum absolute atomic E-state index is 0.0434. The van der Waals surface area contributed by atoms with E-state index in [2.05, 4.69) is 12.2 Å². The Hall–Kier alpha value is -1.14. The van der Waals surface area contributed by atoms with Gasteiger partial charge in [0.2, 0.25) is 5.91 Å². The van der Waals surface area contributed by atoms with Crippen LogP contribution in [0.25, 0.3) is 0 Å². The Morgan fingerprint density at radius 3 is 2.95 bits per heavy atom. The van der Waals surface area contributed by atoms with Gasteiger partial charge in [0.05, 0.1) is 25.2 Å². The third-order valence-electron chi connectivity index (χ3n) is 3.82. The minimum Gasteiger partial charge on any atom is -0.481 e. The Morgan fingerprint density at radius 1 is 1.47 bits per heavy atom. The highest BCUT2D eigenvalue weighted by atomic mass is 16.5. The van der Waals surface area contributed by atoms with Crippen molar-refractivity contribution in [2.75, 3.05) is 26.2 Å². The van der Waals surface area contributed by atoms with Gasteiger partial charge in [0.15, 0.2) is 0 Å². The summed E-state index contributed by atoms with van der Waals surface area (Å²) in [5.41, 5.74) is 0. The van der Waals surface area contributed by atoms with Crippen LogP contribution in [0.3, 0.4) is 0 Å². The molecule has 0 aromatic carbocycles. The van der Waals surface area contributed by atoms with E-state index in [-0.39, 0.29) is 24.5 Å². The van der Waals surface area contributed by atoms with Crippen molar-refractivity contribution in [2.24, 2.45) is 5.92 Å². The Balaban J connectivity index is 1.89. The number of rotatable bonds is 3. The molecule has 0 aromatic rings. The molecule has 19 heavy (non-hydrogen) atoms. The zero-order chi connectivity index (χ0) is 13.8. The number of carbonyl (C=O) groups excluding carboxylic acids is 1. The average molecular weight is 270 g/mol. The van der Waals surface area contributed by atoms with Crippen LogP contribution in [0.15, 0.2) is 0 Å². The van der Waals surface area contributed by atoms with E-state index in [1.54, 1.807) is 4.90 Å². The number of amides is 1. The van der Waals surface area contributed by atoms with Crippen molar-refractivity contribution < 1.29 is 19.4 Å². The molecule has 2 fully saturated rings. The number of carboxylic acid groups (broad SMARTS) is 1. The summed E-state index contributed by atoms with van der Waals surface area (Å²) in [6, 6.07) is -0.118. The van der Waals surface area contributed by atoms with Gasteiger partial charge in [-0.3, -0.25) is 9.59 Å². The van der Waals surface area contributed by atoms with E-state index >= 15 is 0 Å². The van der Waals surface area contributed by atoms with Gasteiger partial charge < -0.3 is 20.1 Å². The number of aliphatic carboxylic acids is 1. The largest absolute Gasteiger partial charge is 0.481 e. The third-order valence-corrected chi connectivity index (χ3v) is 3.82. The van der Waals surface area contributed by atoms with E-state index in [4.69, 9.17) is 9.84 Å². The zero-order valence-corrected chi connectivity index (χ0v) is 11.3. The van der Waals surface area contributed by atoms with Crippen molar-refractivity contribution >= 4 is 11.9 Å². The molecule has 108 valence electrons. The summed E-state index contributed by atoms with van der Waals surface area (Å²) in [4.78, 5) is 24.8. The number of carboxylic acids is 1. The van der Waals surface area contributed by atoms with Crippen LogP contribution in [0.2, 0.25) is 0 Å². The monoisotopic (exact) mass is 270 g/mol. The van der Waals surface area contributed by atoms with Crippen molar-refractivity contribution in [1.29, 1.82) is 0 Å². The second-order valence-corrected chi connectivity index (χ2v) is 5.51. The number of ether oxygens (including phenoxy) is 1. The summed E-state index contributed by atoms with van der Waals surface area (Å²) in [6.45, 7) is 4.40. The summed E-state index contributed by atoms with van der Waals surface area (Å²) in [6.07, 6.45) is 1.54. The molecular formula is C13H22N2O4. The van der Waals surface area contributed by atoms with Crippen LogP contribution in [-0.4, -0.2) is 60.3 Å². The fourth-order valence-electron chi connectivity index (χ4n) is 2.75. The van der Waals surface area contributed by atoms with E-state index in [1.165, 1.54) is 0 Å². The topological polar surface area (TPSA) is 78.9 Å². The maximum absolute atomic E-state index is 12.4. The number of carbonyl (C=O) groups is 2. The normalized spacial score (nSPS) is 32.1. The lowest BCUT2D eigenvalue weighted by atomic mass is 9.93. The summed E-state index contributed by atoms with van der Waals surface area (Å²) in [5, 5.41) is 12.0. The molecule has 0 aromatic heterocycles. The Kier molecular flexibility index (Phi) is 4.76. The van der Waals surface area contributed by atoms with E-state index < -0.39 is 5.97 Å². The first-order valence-corrected chi connectivity index (χ1v) is 6.92. The fraction of sp³-hybridized carbons (Fsp3) is 0.846. The standard InChI is InChI=1S/C13H22N2O4/c1-9-2-3-14-11(6-9)13(18)15-4-5-19-10(8-15)7-12(16)17/h9-11,14H,2-8H2,1H3,(H,16,17). The van der Waals surface area contributed by atoms with Crippen LogP contribution in [0.1, 0.15) is 26.2 Å². The number of piperidine rings is 1. The molecule has 0 bridgehead atoms. The summed E-state index contributed by atoms with van der Waals surface area (Å²) < 4.78 is 5.38. The number of morpholine rings is 1. The van der Waals surface area contributed by atoms with Gasteiger partial charge in [-0.15, -0.1) is 0 Å². The van der Waals surface area contributed by atoms with Crippen LogP contribution < -0.4 is 5.32 Å². The second kappa shape index (κ2) is 6.34.